The Kier molecular flexibility index (Phi) is 2.26. The molecule has 1 aliphatic heterocycles. The molecule has 0 saturated carbocycles. The topological polar surface area (TPSA) is 23.5 Å². The maximum absolute atomic E-state index is 9.75. The van der Waals surface area contributed by atoms with Gasteiger partial charge in [-0.2, -0.15) is 0 Å². The molecule has 66 valence electrons. The SMILES string of the molecule is [CH2-]N1CC[C@H](C(C)(C)O)[C@@H]1C. The molecule has 2 nitrogen and oxygen atoms in total. The number of hydrogen-bond acceptors (Lipinski definition) is 2. The van der Waals surface area contributed by atoms with Crippen LogP contribution in [-0.2, 0) is 0 Å². The van der Waals surface area contributed by atoms with Crippen molar-refractivity contribution >= 4 is 0 Å². The lowest BCUT2D eigenvalue weighted by molar-refractivity contribution is 0.00753. The number of aliphatic hydroxyl groups is 1. The molecule has 0 spiro atoms. The van der Waals surface area contributed by atoms with Crippen LogP contribution in [0.25, 0.3) is 0 Å². The fraction of sp³-hybridized carbons (Fsp3) is 0.889. The van der Waals surface area contributed by atoms with E-state index >= 15 is 0 Å². The van der Waals surface area contributed by atoms with Gasteiger partial charge >= 0.3 is 0 Å². The zero-order chi connectivity index (χ0) is 8.65. The highest BCUT2D eigenvalue weighted by atomic mass is 16.3. The van der Waals surface area contributed by atoms with Crippen LogP contribution in [0.3, 0.4) is 0 Å². The van der Waals surface area contributed by atoms with Crippen molar-refractivity contribution in [3.8, 4) is 0 Å². The Hall–Kier alpha value is -0.0800. The number of rotatable bonds is 1. The second kappa shape index (κ2) is 2.76. The predicted molar refractivity (Wildman–Crippen MR) is 45.9 cm³/mol. The first-order valence-corrected chi connectivity index (χ1v) is 4.22. The van der Waals surface area contributed by atoms with Crippen molar-refractivity contribution in [3.63, 3.8) is 0 Å². The summed E-state index contributed by atoms with van der Waals surface area (Å²) in [5.41, 5.74) is -0.550. The average Bonchev–Trinajstić information content (AvgIpc) is 2.11. The highest BCUT2D eigenvalue weighted by molar-refractivity contribution is 4.92. The zero-order valence-corrected chi connectivity index (χ0v) is 7.67. The van der Waals surface area contributed by atoms with Crippen LogP contribution in [-0.4, -0.2) is 28.2 Å². The van der Waals surface area contributed by atoms with Gasteiger partial charge in [0.05, 0.1) is 5.60 Å². The van der Waals surface area contributed by atoms with E-state index in [1.165, 1.54) is 0 Å². The van der Waals surface area contributed by atoms with E-state index in [1.807, 2.05) is 13.8 Å². The second-order valence-corrected chi connectivity index (χ2v) is 4.10. The third kappa shape index (κ3) is 1.74. The van der Waals surface area contributed by atoms with Crippen LogP contribution in [0.5, 0.6) is 0 Å². The molecule has 1 saturated heterocycles. The lowest BCUT2D eigenvalue weighted by atomic mass is 9.85. The van der Waals surface area contributed by atoms with E-state index < -0.39 is 5.60 Å². The molecular weight excluding hydrogens is 138 g/mol. The van der Waals surface area contributed by atoms with Crippen molar-refractivity contribution in [2.24, 2.45) is 5.92 Å². The summed E-state index contributed by atoms with van der Waals surface area (Å²) < 4.78 is 0. The molecule has 2 heteroatoms. The monoisotopic (exact) mass is 156 g/mol. The van der Waals surface area contributed by atoms with Crippen LogP contribution in [0.1, 0.15) is 27.2 Å². The average molecular weight is 156 g/mol. The van der Waals surface area contributed by atoms with Gasteiger partial charge < -0.3 is 10.0 Å². The first-order chi connectivity index (χ1) is 4.93. The van der Waals surface area contributed by atoms with Crippen molar-refractivity contribution in [2.75, 3.05) is 6.54 Å². The molecule has 0 amide bonds. The minimum Gasteiger partial charge on any atom is -0.457 e. The van der Waals surface area contributed by atoms with E-state index in [1.54, 1.807) is 0 Å². The van der Waals surface area contributed by atoms with E-state index in [9.17, 15) is 5.11 Å². The van der Waals surface area contributed by atoms with Crippen molar-refractivity contribution in [1.29, 1.82) is 0 Å². The van der Waals surface area contributed by atoms with E-state index in [2.05, 4.69) is 18.9 Å². The minimum absolute atomic E-state index is 0.375. The molecule has 1 aliphatic rings. The molecule has 0 aliphatic carbocycles. The number of likely N-dealkylation sites (tertiary alicyclic amines) is 1. The quantitative estimate of drug-likeness (QED) is 0.578. The first kappa shape index (κ1) is 9.01. The number of nitrogens with zero attached hydrogens (tertiary/aromatic N) is 1. The zero-order valence-electron chi connectivity index (χ0n) is 7.67. The van der Waals surface area contributed by atoms with Crippen LogP contribution in [0, 0.1) is 13.0 Å². The summed E-state index contributed by atoms with van der Waals surface area (Å²) in [6.45, 7) is 6.90. The summed E-state index contributed by atoms with van der Waals surface area (Å²) >= 11 is 0. The molecule has 0 aromatic rings. The Bertz CT molecular complexity index is 139. The van der Waals surface area contributed by atoms with Crippen LogP contribution in [0.2, 0.25) is 0 Å². The van der Waals surface area contributed by atoms with Crippen molar-refractivity contribution < 1.29 is 5.11 Å². The van der Waals surface area contributed by atoms with E-state index in [-0.39, 0.29) is 0 Å². The first-order valence-electron chi connectivity index (χ1n) is 4.22. The van der Waals surface area contributed by atoms with Crippen LogP contribution in [0.4, 0.5) is 0 Å². The van der Waals surface area contributed by atoms with Crippen molar-refractivity contribution in [1.82, 2.24) is 4.90 Å². The summed E-state index contributed by atoms with van der Waals surface area (Å²) in [6, 6.07) is 0.412. The predicted octanol–water partition coefficient (Wildman–Crippen LogP) is 1.26. The molecule has 11 heavy (non-hydrogen) atoms. The summed E-state index contributed by atoms with van der Waals surface area (Å²) in [5.74, 6) is 0.375. The maximum Gasteiger partial charge on any atom is 0.0634 e. The largest absolute Gasteiger partial charge is 0.457 e. The lowest BCUT2D eigenvalue weighted by Crippen LogP contribution is -2.38. The van der Waals surface area contributed by atoms with Crippen LogP contribution in [0.15, 0.2) is 0 Å². The van der Waals surface area contributed by atoms with Crippen LogP contribution >= 0.6 is 0 Å². The van der Waals surface area contributed by atoms with Gasteiger partial charge in [0, 0.05) is 5.92 Å². The van der Waals surface area contributed by atoms with Crippen molar-refractivity contribution in [3.05, 3.63) is 7.05 Å². The fourth-order valence-corrected chi connectivity index (χ4v) is 1.95. The third-order valence-electron chi connectivity index (χ3n) is 2.79. The van der Waals surface area contributed by atoms with Gasteiger partial charge in [0.15, 0.2) is 0 Å². The van der Waals surface area contributed by atoms with Gasteiger partial charge in [-0.3, -0.25) is 7.05 Å². The van der Waals surface area contributed by atoms with Gasteiger partial charge in [-0.1, -0.05) is 6.92 Å². The summed E-state index contributed by atoms with van der Waals surface area (Å²) in [7, 11) is 3.90. The maximum atomic E-state index is 9.75. The van der Waals surface area contributed by atoms with Crippen molar-refractivity contribution in [2.45, 2.75) is 38.8 Å². The smallest absolute Gasteiger partial charge is 0.0634 e. The molecular formula is C9H18NO-. The van der Waals surface area contributed by atoms with E-state index in [4.69, 9.17) is 0 Å². The lowest BCUT2D eigenvalue weighted by Gasteiger charge is -2.33. The number of hydrogen-bond donors (Lipinski definition) is 1. The molecule has 2 atom stereocenters. The van der Waals surface area contributed by atoms with E-state index in [0.29, 0.717) is 12.0 Å². The van der Waals surface area contributed by atoms with Gasteiger partial charge in [-0.25, -0.2) is 0 Å². The summed E-state index contributed by atoms with van der Waals surface area (Å²) in [6.07, 6.45) is 1.06. The molecule has 1 heterocycles. The van der Waals surface area contributed by atoms with Gasteiger partial charge in [0.2, 0.25) is 0 Å². The Labute approximate surface area is 69.2 Å². The Morgan fingerprint density at radius 3 is 2.27 bits per heavy atom. The van der Waals surface area contributed by atoms with E-state index in [0.717, 1.165) is 13.0 Å². The molecule has 0 aromatic heterocycles. The molecule has 0 radical (unpaired) electrons. The highest BCUT2D eigenvalue weighted by Crippen LogP contribution is 2.31. The molecule has 0 aromatic carbocycles. The molecule has 1 rings (SSSR count). The standard InChI is InChI=1S/C9H18NO/c1-7-8(9(2,3)11)5-6-10(7)4/h7-8,11H,4-6H2,1-3H3/q-1/t7-,8-/m0/s1. The second-order valence-electron chi connectivity index (χ2n) is 4.10. The molecule has 0 bridgehead atoms. The molecule has 1 N–H and O–H groups in total. The Balaban J connectivity index is 2.62. The minimum atomic E-state index is -0.550. The summed E-state index contributed by atoms with van der Waals surface area (Å²) in [5, 5.41) is 9.75. The highest BCUT2D eigenvalue weighted by Gasteiger charge is 2.35. The van der Waals surface area contributed by atoms with Gasteiger partial charge in [-0.05, 0) is 32.9 Å². The fourth-order valence-electron chi connectivity index (χ4n) is 1.95. The van der Waals surface area contributed by atoms with Gasteiger partial charge in [0.1, 0.15) is 0 Å². The third-order valence-corrected chi connectivity index (χ3v) is 2.79. The van der Waals surface area contributed by atoms with Gasteiger partial charge in [0.25, 0.3) is 0 Å². The van der Waals surface area contributed by atoms with Crippen LogP contribution < -0.4 is 0 Å². The molecule has 1 fully saturated rings. The molecule has 0 unspecified atom stereocenters. The Morgan fingerprint density at radius 1 is 1.55 bits per heavy atom. The van der Waals surface area contributed by atoms with Gasteiger partial charge in [-0.15, -0.1) is 0 Å². The Morgan fingerprint density at radius 2 is 2.09 bits per heavy atom. The normalized spacial score (nSPS) is 34.6. The summed E-state index contributed by atoms with van der Waals surface area (Å²) in [4.78, 5) is 2.06.